The Balaban J connectivity index is 4.02. The lowest BCUT2D eigenvalue weighted by molar-refractivity contribution is 0.379. The van der Waals surface area contributed by atoms with Crippen LogP contribution in [0.5, 0.6) is 5.75 Å². The Labute approximate surface area is 129 Å². The molecule has 0 aromatic heterocycles. The maximum absolute atomic E-state index is 9.84. The number of hydrogen-bond donors (Lipinski definition) is 2. The lowest BCUT2D eigenvalue weighted by Crippen LogP contribution is -2.39. The molecule has 1 aromatic carbocycles. The zero-order valence-corrected chi connectivity index (χ0v) is 14.9. The average Bonchev–Trinajstić information content (AvgIpc) is 2.23. The summed E-state index contributed by atoms with van der Waals surface area (Å²) in [5.74, 6) is 0.870. The van der Waals surface area contributed by atoms with Crippen molar-refractivity contribution in [1.29, 1.82) is 0 Å². The fraction of sp³-hybridized carbons (Fsp3) is 0.647. The third-order valence-corrected chi connectivity index (χ3v) is 3.97. The highest BCUT2D eigenvalue weighted by Crippen LogP contribution is 2.42. The predicted octanol–water partition coefficient (Wildman–Crippen LogP) is 2.59. The quantitative estimate of drug-likeness (QED) is 0.824. The monoisotopic (exact) mass is 292 g/mol. The molecule has 0 atom stereocenters. The minimum Gasteiger partial charge on any atom is -0.496 e. The molecule has 0 heterocycles. The second-order valence-electron chi connectivity index (χ2n) is 7.82. The van der Waals surface area contributed by atoms with Crippen molar-refractivity contribution < 1.29 is 14.8 Å². The van der Waals surface area contributed by atoms with E-state index in [1.54, 1.807) is 7.11 Å². The molecular weight excluding hydrogens is 263 g/mol. The molecule has 1 aromatic rings. The molecule has 118 valence electrons. The topological polar surface area (TPSA) is 49.7 Å². The first kappa shape index (κ1) is 18.1. The van der Waals surface area contributed by atoms with Gasteiger partial charge in [0.2, 0.25) is 0 Å². The molecule has 0 bridgehead atoms. The molecule has 0 unspecified atom stereocenters. The van der Waals surface area contributed by atoms with E-state index in [-0.39, 0.29) is 10.8 Å². The van der Waals surface area contributed by atoms with Crippen LogP contribution >= 0.6 is 0 Å². The summed E-state index contributed by atoms with van der Waals surface area (Å²) in [5.41, 5.74) is 4.21. The van der Waals surface area contributed by atoms with Crippen LogP contribution in [0.2, 0.25) is 0 Å². The van der Waals surface area contributed by atoms with E-state index in [1.165, 1.54) is 0 Å². The molecule has 0 saturated heterocycles. The van der Waals surface area contributed by atoms with Crippen LogP contribution < -0.4 is 10.2 Å². The largest absolute Gasteiger partial charge is 0.496 e. The van der Waals surface area contributed by atoms with Gasteiger partial charge in [-0.25, -0.2) is 0 Å². The van der Waals surface area contributed by atoms with E-state index < -0.39 is 7.12 Å². The minimum atomic E-state index is -1.47. The zero-order valence-electron chi connectivity index (χ0n) is 14.9. The molecule has 1 rings (SSSR count). The summed E-state index contributed by atoms with van der Waals surface area (Å²) < 4.78 is 5.76. The van der Waals surface area contributed by atoms with Gasteiger partial charge in [-0.1, -0.05) is 41.5 Å². The van der Waals surface area contributed by atoms with Crippen molar-refractivity contribution in [1.82, 2.24) is 0 Å². The number of rotatable bonds is 2. The maximum Gasteiger partial charge on any atom is 0.488 e. The summed E-state index contributed by atoms with van der Waals surface area (Å²) in [6, 6.07) is 0. The smallest absolute Gasteiger partial charge is 0.488 e. The molecule has 0 aliphatic rings. The molecule has 3 nitrogen and oxygen atoms in total. The van der Waals surface area contributed by atoms with E-state index in [0.717, 1.165) is 28.0 Å². The molecule has 0 fully saturated rings. The van der Waals surface area contributed by atoms with Gasteiger partial charge in [0.25, 0.3) is 0 Å². The summed E-state index contributed by atoms with van der Waals surface area (Å²) >= 11 is 0. The molecule has 0 radical (unpaired) electrons. The van der Waals surface area contributed by atoms with Crippen LogP contribution in [0.25, 0.3) is 0 Å². The molecule has 0 aliphatic carbocycles. The summed E-state index contributed by atoms with van der Waals surface area (Å²) in [5, 5.41) is 19.7. The Morgan fingerprint density at radius 2 is 1.14 bits per heavy atom. The summed E-state index contributed by atoms with van der Waals surface area (Å²) in [6.45, 7) is 16.6. The van der Waals surface area contributed by atoms with Gasteiger partial charge in [0.05, 0.1) is 7.11 Å². The van der Waals surface area contributed by atoms with Gasteiger partial charge in [-0.3, -0.25) is 0 Å². The van der Waals surface area contributed by atoms with Gasteiger partial charge in [0.1, 0.15) is 5.75 Å². The van der Waals surface area contributed by atoms with Crippen molar-refractivity contribution >= 4 is 12.6 Å². The predicted molar refractivity (Wildman–Crippen MR) is 89.7 cm³/mol. The van der Waals surface area contributed by atoms with Crippen LogP contribution in [-0.4, -0.2) is 24.3 Å². The molecule has 0 saturated carbocycles. The van der Waals surface area contributed by atoms with Crippen LogP contribution in [0.4, 0.5) is 0 Å². The van der Waals surface area contributed by atoms with Gasteiger partial charge in [-0.15, -0.1) is 0 Å². The van der Waals surface area contributed by atoms with Crippen LogP contribution in [0, 0.1) is 13.8 Å². The van der Waals surface area contributed by atoms with Crippen molar-refractivity contribution in [3.8, 4) is 5.75 Å². The Morgan fingerprint density at radius 3 is 1.33 bits per heavy atom. The third-order valence-electron chi connectivity index (χ3n) is 3.97. The molecule has 0 amide bonds. The maximum atomic E-state index is 9.84. The van der Waals surface area contributed by atoms with E-state index in [4.69, 9.17) is 4.74 Å². The van der Waals surface area contributed by atoms with Crippen molar-refractivity contribution in [2.24, 2.45) is 0 Å². The zero-order chi connectivity index (χ0) is 16.7. The van der Waals surface area contributed by atoms with Crippen LogP contribution in [0.15, 0.2) is 0 Å². The van der Waals surface area contributed by atoms with Crippen molar-refractivity contribution in [2.45, 2.75) is 66.2 Å². The fourth-order valence-electron chi connectivity index (χ4n) is 3.41. The van der Waals surface area contributed by atoms with Crippen molar-refractivity contribution in [2.75, 3.05) is 7.11 Å². The van der Waals surface area contributed by atoms with E-state index >= 15 is 0 Å². The Hall–Kier alpha value is -0.995. The molecule has 0 aliphatic heterocycles. The average molecular weight is 292 g/mol. The second-order valence-corrected chi connectivity index (χ2v) is 7.82. The van der Waals surface area contributed by atoms with E-state index in [1.807, 2.05) is 13.8 Å². The van der Waals surface area contributed by atoms with Gasteiger partial charge >= 0.3 is 7.12 Å². The number of methoxy groups -OCH3 is 1. The van der Waals surface area contributed by atoms with Crippen LogP contribution in [-0.2, 0) is 10.8 Å². The highest BCUT2D eigenvalue weighted by atomic mass is 16.5. The van der Waals surface area contributed by atoms with Gasteiger partial charge < -0.3 is 14.8 Å². The van der Waals surface area contributed by atoms with Gasteiger partial charge in [-0.2, -0.15) is 0 Å². The van der Waals surface area contributed by atoms with Crippen molar-refractivity contribution in [3.63, 3.8) is 0 Å². The number of hydrogen-bond acceptors (Lipinski definition) is 3. The normalized spacial score (nSPS) is 12.5. The van der Waals surface area contributed by atoms with Crippen LogP contribution in [0.3, 0.4) is 0 Å². The summed E-state index contributed by atoms with van der Waals surface area (Å²) in [4.78, 5) is 0. The van der Waals surface area contributed by atoms with Gasteiger partial charge in [-0.05, 0) is 41.3 Å². The van der Waals surface area contributed by atoms with Crippen molar-refractivity contribution in [3.05, 3.63) is 22.3 Å². The Bertz CT molecular complexity index is 493. The summed E-state index contributed by atoms with van der Waals surface area (Å²) in [6.07, 6.45) is 0. The number of benzene rings is 1. The lowest BCUT2D eigenvalue weighted by Gasteiger charge is -2.34. The highest BCUT2D eigenvalue weighted by molar-refractivity contribution is 6.60. The second kappa shape index (κ2) is 5.66. The first-order chi connectivity index (χ1) is 9.34. The molecular formula is C17H29BO3. The van der Waals surface area contributed by atoms with Gasteiger partial charge in [0.15, 0.2) is 0 Å². The fourth-order valence-corrected chi connectivity index (χ4v) is 3.41. The Kier molecular flexibility index (Phi) is 4.86. The summed E-state index contributed by atoms with van der Waals surface area (Å²) in [7, 11) is 0.214. The lowest BCUT2D eigenvalue weighted by atomic mass is 9.65. The van der Waals surface area contributed by atoms with E-state index in [0.29, 0.717) is 5.46 Å². The van der Waals surface area contributed by atoms with E-state index in [9.17, 15) is 10.0 Å². The highest BCUT2D eigenvalue weighted by Gasteiger charge is 2.34. The molecule has 2 N–H and O–H groups in total. The first-order valence-electron chi connectivity index (χ1n) is 7.42. The number of ether oxygens (including phenoxy) is 1. The SMILES string of the molecule is COc1c(C(C)(C)C)c(C)c(B(O)O)c(C)c1C(C)(C)C. The van der Waals surface area contributed by atoms with E-state index in [2.05, 4.69) is 41.5 Å². The standard InChI is InChI=1S/C17H29BO3/c1-10-12(16(3,4)5)15(21-9)13(17(6,7)8)11(2)14(10)18(19)20/h19-20H,1-9H3. The minimum absolute atomic E-state index is 0.146. The molecule has 0 spiro atoms. The van der Waals surface area contributed by atoms with Crippen LogP contribution in [0.1, 0.15) is 63.8 Å². The Morgan fingerprint density at radius 1 is 0.810 bits per heavy atom. The molecule has 21 heavy (non-hydrogen) atoms. The third kappa shape index (κ3) is 3.27. The van der Waals surface area contributed by atoms with Gasteiger partial charge in [0, 0.05) is 11.1 Å². The molecule has 4 heteroatoms. The first-order valence-corrected chi connectivity index (χ1v) is 7.42.